The largest absolute Gasteiger partial charge is 0.506 e. The Kier molecular flexibility index (Phi) is 2.63. The van der Waals surface area contributed by atoms with E-state index < -0.39 is 0 Å². The Bertz CT molecular complexity index is 548. The maximum Gasteiger partial charge on any atom is 0.133 e. The second-order valence-electron chi connectivity index (χ2n) is 3.66. The van der Waals surface area contributed by atoms with Gasteiger partial charge in [0.05, 0.1) is 10.7 Å². The molecular formula is C11H12BrN3O. The summed E-state index contributed by atoms with van der Waals surface area (Å²) in [7, 11) is 1.78. The SMILES string of the molecule is Cc1ccc(-c2cnn(C)c2N)c(Br)c1O. The van der Waals surface area contributed by atoms with Crippen LogP contribution in [0.4, 0.5) is 5.82 Å². The van der Waals surface area contributed by atoms with E-state index in [2.05, 4.69) is 21.0 Å². The molecule has 0 atom stereocenters. The lowest BCUT2D eigenvalue weighted by Crippen LogP contribution is -1.98. The zero-order valence-corrected chi connectivity index (χ0v) is 10.6. The van der Waals surface area contributed by atoms with Gasteiger partial charge in [0.15, 0.2) is 0 Å². The van der Waals surface area contributed by atoms with Crippen LogP contribution in [0.15, 0.2) is 22.8 Å². The Hall–Kier alpha value is -1.49. The predicted molar refractivity (Wildman–Crippen MR) is 67.2 cm³/mol. The summed E-state index contributed by atoms with van der Waals surface area (Å²) in [6, 6.07) is 3.76. The van der Waals surface area contributed by atoms with E-state index in [0.717, 1.165) is 16.7 Å². The fraction of sp³-hybridized carbons (Fsp3) is 0.182. The number of phenolic OH excluding ortho intramolecular Hbond substituents is 1. The van der Waals surface area contributed by atoms with Crippen molar-refractivity contribution in [1.29, 1.82) is 0 Å². The molecule has 1 aromatic heterocycles. The zero-order valence-electron chi connectivity index (χ0n) is 9.03. The van der Waals surface area contributed by atoms with E-state index in [1.54, 1.807) is 17.9 Å². The highest BCUT2D eigenvalue weighted by molar-refractivity contribution is 9.10. The van der Waals surface area contributed by atoms with Crippen molar-refractivity contribution < 1.29 is 5.11 Å². The average Bonchev–Trinajstić information content (AvgIpc) is 2.58. The van der Waals surface area contributed by atoms with E-state index in [-0.39, 0.29) is 5.75 Å². The van der Waals surface area contributed by atoms with Gasteiger partial charge in [0.2, 0.25) is 0 Å². The van der Waals surface area contributed by atoms with Crippen molar-refractivity contribution >= 4 is 21.7 Å². The van der Waals surface area contributed by atoms with Crippen LogP contribution in [0.1, 0.15) is 5.56 Å². The second-order valence-corrected chi connectivity index (χ2v) is 4.45. The number of nitrogens with zero attached hydrogens (tertiary/aromatic N) is 2. The van der Waals surface area contributed by atoms with Crippen molar-refractivity contribution in [2.24, 2.45) is 7.05 Å². The summed E-state index contributed by atoms with van der Waals surface area (Å²) in [6.07, 6.45) is 1.68. The van der Waals surface area contributed by atoms with Crippen molar-refractivity contribution in [2.45, 2.75) is 6.92 Å². The molecule has 16 heavy (non-hydrogen) atoms. The number of hydrogen-bond acceptors (Lipinski definition) is 3. The summed E-state index contributed by atoms with van der Waals surface area (Å²) in [5.41, 5.74) is 8.36. The lowest BCUT2D eigenvalue weighted by atomic mass is 10.1. The van der Waals surface area contributed by atoms with E-state index in [0.29, 0.717) is 10.3 Å². The lowest BCUT2D eigenvalue weighted by molar-refractivity contribution is 0.468. The summed E-state index contributed by atoms with van der Waals surface area (Å²) in [5.74, 6) is 0.810. The van der Waals surface area contributed by atoms with Crippen LogP contribution in [0.5, 0.6) is 5.75 Å². The van der Waals surface area contributed by atoms with E-state index in [1.807, 2.05) is 19.1 Å². The first kappa shape index (κ1) is 11.0. The first-order valence-corrected chi connectivity index (χ1v) is 5.57. The van der Waals surface area contributed by atoms with Crippen molar-refractivity contribution in [2.75, 3.05) is 5.73 Å². The van der Waals surface area contributed by atoms with E-state index in [4.69, 9.17) is 5.73 Å². The molecule has 3 N–H and O–H groups in total. The first-order chi connectivity index (χ1) is 7.52. The molecule has 1 heterocycles. The minimum absolute atomic E-state index is 0.237. The van der Waals surface area contributed by atoms with Crippen LogP contribution < -0.4 is 5.73 Å². The molecule has 0 amide bonds. The third-order valence-electron chi connectivity index (χ3n) is 2.59. The van der Waals surface area contributed by atoms with Crippen LogP contribution >= 0.6 is 15.9 Å². The highest BCUT2D eigenvalue weighted by Crippen LogP contribution is 2.38. The molecule has 0 radical (unpaired) electrons. The molecule has 0 saturated heterocycles. The van der Waals surface area contributed by atoms with E-state index >= 15 is 0 Å². The minimum atomic E-state index is 0.237. The molecule has 1 aromatic carbocycles. The minimum Gasteiger partial charge on any atom is -0.506 e. The number of halogens is 1. The van der Waals surface area contributed by atoms with Gasteiger partial charge in [-0.2, -0.15) is 5.10 Å². The summed E-state index contributed by atoms with van der Waals surface area (Å²) < 4.78 is 2.24. The summed E-state index contributed by atoms with van der Waals surface area (Å²) >= 11 is 3.37. The Balaban J connectivity index is 2.66. The molecule has 4 nitrogen and oxygen atoms in total. The lowest BCUT2D eigenvalue weighted by Gasteiger charge is -2.07. The molecule has 0 aliphatic carbocycles. The van der Waals surface area contributed by atoms with Gasteiger partial charge in [-0.05, 0) is 28.4 Å². The highest BCUT2D eigenvalue weighted by Gasteiger charge is 2.14. The highest BCUT2D eigenvalue weighted by atomic mass is 79.9. The van der Waals surface area contributed by atoms with Crippen LogP contribution in [0.3, 0.4) is 0 Å². The smallest absolute Gasteiger partial charge is 0.133 e. The third-order valence-corrected chi connectivity index (χ3v) is 3.40. The average molecular weight is 282 g/mol. The molecule has 0 aliphatic heterocycles. The van der Waals surface area contributed by atoms with Gasteiger partial charge in [0, 0.05) is 18.2 Å². The van der Waals surface area contributed by atoms with Gasteiger partial charge in [-0.1, -0.05) is 12.1 Å². The van der Waals surface area contributed by atoms with Crippen molar-refractivity contribution in [3.8, 4) is 16.9 Å². The maximum atomic E-state index is 9.83. The molecule has 0 aliphatic rings. The van der Waals surface area contributed by atoms with Gasteiger partial charge in [-0.3, -0.25) is 4.68 Å². The zero-order chi connectivity index (χ0) is 11.9. The molecule has 0 saturated carbocycles. The molecule has 0 fully saturated rings. The Labute approximate surface area is 102 Å². The fourth-order valence-corrected chi connectivity index (χ4v) is 2.18. The standard InChI is InChI=1S/C11H12BrN3O/c1-6-3-4-7(9(12)10(6)16)8-5-14-15(2)11(8)13/h3-5,16H,13H2,1-2H3. The van der Waals surface area contributed by atoms with Gasteiger partial charge >= 0.3 is 0 Å². The third kappa shape index (κ3) is 1.57. The number of aromatic nitrogens is 2. The number of anilines is 1. The number of rotatable bonds is 1. The number of nitrogens with two attached hydrogens (primary N) is 1. The molecule has 0 bridgehead atoms. The van der Waals surface area contributed by atoms with Gasteiger partial charge in [-0.25, -0.2) is 0 Å². The van der Waals surface area contributed by atoms with Crippen molar-refractivity contribution in [3.05, 3.63) is 28.4 Å². The summed E-state index contributed by atoms with van der Waals surface area (Å²) in [6.45, 7) is 1.84. The number of phenols is 1. The summed E-state index contributed by atoms with van der Waals surface area (Å²) in [4.78, 5) is 0. The molecular weight excluding hydrogens is 270 g/mol. The Morgan fingerprint density at radius 3 is 2.62 bits per heavy atom. The van der Waals surface area contributed by atoms with Gasteiger partial charge in [0.25, 0.3) is 0 Å². The van der Waals surface area contributed by atoms with Crippen LogP contribution in [-0.2, 0) is 7.05 Å². The Morgan fingerprint density at radius 2 is 2.06 bits per heavy atom. The summed E-state index contributed by atoms with van der Waals surface area (Å²) in [5, 5.41) is 13.9. The van der Waals surface area contributed by atoms with Crippen LogP contribution in [0.25, 0.3) is 11.1 Å². The van der Waals surface area contributed by atoms with E-state index in [9.17, 15) is 5.11 Å². The number of hydrogen-bond donors (Lipinski definition) is 2. The Morgan fingerprint density at radius 1 is 1.38 bits per heavy atom. The van der Waals surface area contributed by atoms with Crippen LogP contribution in [0, 0.1) is 6.92 Å². The number of benzene rings is 1. The van der Waals surface area contributed by atoms with Crippen molar-refractivity contribution in [3.63, 3.8) is 0 Å². The first-order valence-electron chi connectivity index (χ1n) is 4.78. The number of aromatic hydroxyl groups is 1. The normalized spacial score (nSPS) is 10.7. The van der Waals surface area contributed by atoms with Crippen molar-refractivity contribution in [1.82, 2.24) is 9.78 Å². The number of aryl methyl sites for hydroxylation is 2. The van der Waals surface area contributed by atoms with Gasteiger partial charge < -0.3 is 10.8 Å². The molecule has 84 valence electrons. The predicted octanol–water partition coefficient (Wildman–Crippen LogP) is 2.45. The van der Waals surface area contributed by atoms with Crippen LogP contribution in [-0.4, -0.2) is 14.9 Å². The maximum absolute atomic E-state index is 9.83. The molecule has 2 rings (SSSR count). The molecule has 2 aromatic rings. The fourth-order valence-electron chi connectivity index (χ4n) is 1.52. The monoisotopic (exact) mass is 281 g/mol. The quantitative estimate of drug-likeness (QED) is 0.844. The molecule has 0 unspecified atom stereocenters. The van der Waals surface area contributed by atoms with E-state index in [1.165, 1.54) is 0 Å². The van der Waals surface area contributed by atoms with Crippen LogP contribution in [0.2, 0.25) is 0 Å². The second kappa shape index (κ2) is 3.83. The molecule has 5 heteroatoms. The topological polar surface area (TPSA) is 64.1 Å². The van der Waals surface area contributed by atoms with Gasteiger partial charge in [-0.15, -0.1) is 0 Å². The number of nitrogen functional groups attached to an aromatic ring is 1. The molecule has 0 spiro atoms. The van der Waals surface area contributed by atoms with Gasteiger partial charge in [0.1, 0.15) is 11.6 Å².